The van der Waals surface area contributed by atoms with Crippen molar-refractivity contribution in [3.05, 3.63) is 24.8 Å². The second-order valence-corrected chi connectivity index (χ2v) is 3.95. The van der Waals surface area contributed by atoms with E-state index in [-0.39, 0.29) is 5.92 Å². The Morgan fingerprint density at radius 1 is 1.67 bits per heavy atom. The summed E-state index contributed by atoms with van der Waals surface area (Å²) in [6.45, 7) is 5.97. The van der Waals surface area contributed by atoms with Gasteiger partial charge in [0.1, 0.15) is 0 Å². The first-order chi connectivity index (χ1) is 5.74. The number of rotatable bonds is 1. The van der Waals surface area contributed by atoms with Crippen molar-refractivity contribution in [2.75, 3.05) is 0 Å². The van der Waals surface area contributed by atoms with E-state index in [2.05, 4.69) is 19.6 Å². The predicted octanol–water partition coefficient (Wildman–Crippen LogP) is 2.20. The highest BCUT2D eigenvalue weighted by molar-refractivity contribution is 5.93. The minimum atomic E-state index is 0.234. The van der Waals surface area contributed by atoms with Crippen LogP contribution in [0.5, 0.6) is 0 Å². The average molecular weight is 162 g/mol. The molecule has 0 heterocycles. The van der Waals surface area contributed by atoms with Crippen LogP contribution in [0.1, 0.15) is 13.3 Å². The fraction of sp³-hybridized carbons (Fsp3) is 0.545. The van der Waals surface area contributed by atoms with Crippen molar-refractivity contribution in [1.29, 1.82) is 0 Å². The second kappa shape index (κ2) is 2.58. The normalized spacial score (nSPS) is 44.9. The first-order valence-corrected chi connectivity index (χ1v) is 4.58. The van der Waals surface area contributed by atoms with E-state index in [1.165, 1.54) is 0 Å². The zero-order chi connectivity index (χ0) is 8.72. The molecule has 1 heteroatoms. The number of fused-ring (bicyclic) bond motifs is 2. The molecule has 1 fully saturated rings. The third kappa shape index (κ3) is 0.889. The van der Waals surface area contributed by atoms with Gasteiger partial charge in [0.25, 0.3) is 0 Å². The molecular formula is C11H14O. The summed E-state index contributed by atoms with van der Waals surface area (Å²) in [5, 5.41) is 0. The highest BCUT2D eigenvalue weighted by Crippen LogP contribution is 2.45. The third-order valence-corrected chi connectivity index (χ3v) is 3.39. The van der Waals surface area contributed by atoms with Crippen LogP contribution in [0.2, 0.25) is 0 Å². The summed E-state index contributed by atoms with van der Waals surface area (Å²) >= 11 is 0. The predicted molar refractivity (Wildman–Crippen MR) is 48.6 cm³/mol. The molecule has 0 aromatic rings. The minimum Gasteiger partial charge on any atom is -0.295 e. The molecule has 2 rings (SSSR count). The molecule has 0 aromatic carbocycles. The largest absolute Gasteiger partial charge is 0.295 e. The van der Waals surface area contributed by atoms with E-state index in [9.17, 15) is 4.79 Å². The summed E-state index contributed by atoms with van der Waals surface area (Å²) in [5.74, 6) is 2.12. The molecule has 1 nitrogen and oxygen atoms in total. The van der Waals surface area contributed by atoms with E-state index in [1.54, 1.807) is 6.08 Å². The number of carbonyl (C=O) groups excluding carboxylic acids is 1. The highest BCUT2D eigenvalue weighted by atomic mass is 16.1. The lowest BCUT2D eigenvalue weighted by Gasteiger charge is -2.21. The number of ketones is 1. The Labute approximate surface area is 73.2 Å². The lowest BCUT2D eigenvalue weighted by molar-refractivity contribution is -0.120. The molecule has 2 bridgehead atoms. The molecular weight excluding hydrogens is 148 g/mol. The molecule has 2 aliphatic rings. The van der Waals surface area contributed by atoms with Gasteiger partial charge in [-0.05, 0) is 30.3 Å². The summed E-state index contributed by atoms with van der Waals surface area (Å²) in [5.41, 5.74) is 0. The minimum absolute atomic E-state index is 0.234. The van der Waals surface area contributed by atoms with Crippen LogP contribution in [0.4, 0.5) is 0 Å². The zero-order valence-corrected chi connectivity index (χ0v) is 7.36. The van der Waals surface area contributed by atoms with Gasteiger partial charge in [-0.25, -0.2) is 0 Å². The van der Waals surface area contributed by atoms with Crippen LogP contribution in [0, 0.1) is 23.7 Å². The first-order valence-electron chi connectivity index (χ1n) is 4.58. The van der Waals surface area contributed by atoms with Gasteiger partial charge in [0, 0.05) is 5.92 Å². The summed E-state index contributed by atoms with van der Waals surface area (Å²) in [6.07, 6.45) is 6.91. The molecule has 12 heavy (non-hydrogen) atoms. The number of carbonyl (C=O) groups is 1. The van der Waals surface area contributed by atoms with Gasteiger partial charge in [-0.1, -0.05) is 19.1 Å². The maximum atomic E-state index is 11.5. The van der Waals surface area contributed by atoms with E-state index in [0.717, 1.165) is 6.42 Å². The molecule has 0 radical (unpaired) electrons. The van der Waals surface area contributed by atoms with Crippen molar-refractivity contribution < 1.29 is 4.79 Å². The van der Waals surface area contributed by atoms with Crippen LogP contribution >= 0.6 is 0 Å². The van der Waals surface area contributed by atoms with Gasteiger partial charge in [-0.2, -0.15) is 0 Å². The quantitative estimate of drug-likeness (QED) is 0.540. The summed E-state index contributed by atoms with van der Waals surface area (Å²) < 4.78 is 0. The average Bonchev–Trinajstić information content (AvgIpc) is 2.26. The maximum Gasteiger partial charge on any atom is 0.159 e. The molecule has 64 valence electrons. The number of hydrogen-bond donors (Lipinski definition) is 0. The van der Waals surface area contributed by atoms with E-state index in [1.807, 2.05) is 6.08 Å². The van der Waals surface area contributed by atoms with Crippen molar-refractivity contribution >= 4 is 5.78 Å². The zero-order valence-electron chi connectivity index (χ0n) is 7.36. The Bertz CT molecular complexity index is 252. The molecule has 2 aliphatic carbocycles. The Balaban J connectivity index is 2.34. The Morgan fingerprint density at radius 2 is 2.42 bits per heavy atom. The van der Waals surface area contributed by atoms with Crippen molar-refractivity contribution in [2.24, 2.45) is 23.7 Å². The monoisotopic (exact) mass is 162 g/mol. The van der Waals surface area contributed by atoms with E-state index >= 15 is 0 Å². The molecule has 4 atom stereocenters. The molecule has 0 amide bonds. The number of allylic oxidation sites excluding steroid dienone is 3. The Hall–Kier alpha value is -0.850. The molecule has 0 N–H and O–H groups in total. The molecule has 0 aromatic heterocycles. The number of hydrogen-bond acceptors (Lipinski definition) is 1. The van der Waals surface area contributed by atoms with Gasteiger partial charge in [-0.15, -0.1) is 6.58 Å². The highest BCUT2D eigenvalue weighted by Gasteiger charge is 2.43. The van der Waals surface area contributed by atoms with Gasteiger partial charge < -0.3 is 0 Å². The smallest absolute Gasteiger partial charge is 0.159 e. The van der Waals surface area contributed by atoms with Crippen molar-refractivity contribution in [3.63, 3.8) is 0 Å². The maximum absolute atomic E-state index is 11.5. The van der Waals surface area contributed by atoms with E-state index < -0.39 is 0 Å². The van der Waals surface area contributed by atoms with Gasteiger partial charge >= 0.3 is 0 Å². The Morgan fingerprint density at radius 3 is 3.08 bits per heavy atom. The summed E-state index contributed by atoms with van der Waals surface area (Å²) in [4.78, 5) is 11.5. The molecule has 1 saturated carbocycles. The fourth-order valence-electron chi connectivity index (χ4n) is 2.63. The van der Waals surface area contributed by atoms with Gasteiger partial charge in [0.15, 0.2) is 5.78 Å². The van der Waals surface area contributed by atoms with E-state index in [4.69, 9.17) is 0 Å². The van der Waals surface area contributed by atoms with Crippen molar-refractivity contribution in [1.82, 2.24) is 0 Å². The standard InChI is InChI=1S/C11H14O/c1-3-8-6-9-4-5-10(12)11(8)7(9)2/h3-5,7-9,11H,1,6H2,2H3. The lowest BCUT2D eigenvalue weighted by Crippen LogP contribution is -2.24. The SMILES string of the molecule is C=CC1CC2C=CC(=O)C1C2C. The topological polar surface area (TPSA) is 17.1 Å². The molecule has 0 aliphatic heterocycles. The van der Waals surface area contributed by atoms with Crippen LogP contribution in [-0.2, 0) is 4.79 Å². The fourth-order valence-corrected chi connectivity index (χ4v) is 2.63. The van der Waals surface area contributed by atoms with Crippen LogP contribution in [0.25, 0.3) is 0 Å². The summed E-state index contributed by atoms with van der Waals surface area (Å²) in [6, 6.07) is 0. The molecule has 4 unspecified atom stereocenters. The lowest BCUT2D eigenvalue weighted by atomic mass is 9.81. The van der Waals surface area contributed by atoms with Crippen LogP contribution < -0.4 is 0 Å². The van der Waals surface area contributed by atoms with Crippen LogP contribution in [-0.4, -0.2) is 5.78 Å². The third-order valence-electron chi connectivity index (χ3n) is 3.39. The van der Waals surface area contributed by atoms with Gasteiger partial charge in [0.05, 0.1) is 0 Å². The van der Waals surface area contributed by atoms with Crippen molar-refractivity contribution in [2.45, 2.75) is 13.3 Å². The van der Waals surface area contributed by atoms with Crippen molar-refractivity contribution in [3.8, 4) is 0 Å². The van der Waals surface area contributed by atoms with Crippen LogP contribution in [0.15, 0.2) is 24.8 Å². The second-order valence-electron chi connectivity index (χ2n) is 3.95. The molecule has 0 spiro atoms. The Kier molecular flexibility index (Phi) is 1.67. The van der Waals surface area contributed by atoms with E-state index in [0.29, 0.717) is 23.5 Å². The van der Waals surface area contributed by atoms with Gasteiger partial charge in [-0.3, -0.25) is 4.79 Å². The van der Waals surface area contributed by atoms with Crippen LogP contribution in [0.3, 0.4) is 0 Å². The molecule has 0 saturated heterocycles. The first kappa shape index (κ1) is 7.78. The summed E-state index contributed by atoms with van der Waals surface area (Å²) in [7, 11) is 0. The van der Waals surface area contributed by atoms with Gasteiger partial charge in [0.2, 0.25) is 0 Å².